The van der Waals surface area contributed by atoms with Crippen LogP contribution in [-0.2, 0) is 17.0 Å². The largest absolute Gasteiger partial charge is 0.339 e. The number of aryl methyl sites for hydroxylation is 2. The van der Waals surface area contributed by atoms with Gasteiger partial charge in [-0.1, -0.05) is 35.1 Å². The van der Waals surface area contributed by atoms with Gasteiger partial charge in [0.05, 0.1) is 16.3 Å². The first kappa shape index (κ1) is 20.8. The molecule has 0 aliphatic heterocycles. The highest BCUT2D eigenvalue weighted by molar-refractivity contribution is 8.00. The fourth-order valence-electron chi connectivity index (χ4n) is 2.76. The van der Waals surface area contributed by atoms with Crippen LogP contribution in [0.2, 0.25) is 0 Å². The normalized spacial score (nSPS) is 11.0. The number of aromatic nitrogens is 3. The van der Waals surface area contributed by atoms with Crippen LogP contribution in [0.25, 0.3) is 10.6 Å². The lowest BCUT2D eigenvalue weighted by Gasteiger charge is -2.09. The van der Waals surface area contributed by atoms with Gasteiger partial charge in [0, 0.05) is 23.9 Å². The molecule has 0 aliphatic carbocycles. The molecule has 4 aromatic rings. The van der Waals surface area contributed by atoms with E-state index < -0.39 is 0 Å². The SMILES string of the molecule is Cc1cccc(NC(=O)CCc2nc(CSc3nc(-c4cccs4)cs3)no2)c1C. The van der Waals surface area contributed by atoms with Crippen LogP contribution in [-0.4, -0.2) is 21.0 Å². The summed E-state index contributed by atoms with van der Waals surface area (Å²) >= 11 is 4.87. The predicted molar refractivity (Wildman–Crippen MR) is 122 cm³/mol. The average molecular weight is 457 g/mol. The van der Waals surface area contributed by atoms with Crippen LogP contribution in [0.15, 0.2) is 50.0 Å². The molecule has 154 valence electrons. The highest BCUT2D eigenvalue weighted by atomic mass is 32.2. The van der Waals surface area contributed by atoms with Gasteiger partial charge in [-0.2, -0.15) is 4.98 Å². The van der Waals surface area contributed by atoms with Gasteiger partial charge in [0.25, 0.3) is 0 Å². The third kappa shape index (κ3) is 5.16. The number of carbonyl (C=O) groups is 1. The van der Waals surface area contributed by atoms with Crippen molar-refractivity contribution in [3.63, 3.8) is 0 Å². The van der Waals surface area contributed by atoms with Crippen LogP contribution in [0.5, 0.6) is 0 Å². The lowest BCUT2D eigenvalue weighted by Crippen LogP contribution is -2.13. The first-order chi connectivity index (χ1) is 14.6. The highest BCUT2D eigenvalue weighted by Crippen LogP contribution is 2.31. The number of anilines is 1. The fraction of sp³-hybridized carbons (Fsp3) is 0.238. The van der Waals surface area contributed by atoms with Gasteiger partial charge in [-0.3, -0.25) is 4.79 Å². The molecule has 1 N–H and O–H groups in total. The number of carbonyl (C=O) groups excluding carboxylic acids is 1. The van der Waals surface area contributed by atoms with Gasteiger partial charge in [0.2, 0.25) is 11.8 Å². The van der Waals surface area contributed by atoms with Crippen molar-refractivity contribution in [3.8, 4) is 10.6 Å². The molecule has 0 aliphatic rings. The molecule has 6 nitrogen and oxygen atoms in total. The summed E-state index contributed by atoms with van der Waals surface area (Å²) < 4.78 is 6.26. The standard InChI is InChI=1S/C21H20N4O2S3/c1-13-5-3-6-15(14(13)2)22-19(26)8-9-20-24-18(25-27-20)12-30-21-23-16(11-29-21)17-7-4-10-28-17/h3-7,10-11H,8-9,12H2,1-2H3,(H,22,26). The average Bonchev–Trinajstić information content (AvgIpc) is 3.49. The Morgan fingerprint density at radius 3 is 2.90 bits per heavy atom. The minimum atomic E-state index is -0.0679. The second-order valence-electron chi connectivity index (χ2n) is 6.66. The van der Waals surface area contributed by atoms with Crippen LogP contribution in [0, 0.1) is 13.8 Å². The third-order valence-electron chi connectivity index (χ3n) is 4.54. The fourth-order valence-corrected chi connectivity index (χ4v) is 5.19. The van der Waals surface area contributed by atoms with Crippen LogP contribution in [0.3, 0.4) is 0 Å². The summed E-state index contributed by atoms with van der Waals surface area (Å²) in [6.07, 6.45) is 0.701. The number of nitrogens with zero attached hydrogens (tertiary/aromatic N) is 3. The van der Waals surface area contributed by atoms with Gasteiger partial charge in [-0.25, -0.2) is 4.98 Å². The van der Waals surface area contributed by atoms with Crippen molar-refractivity contribution in [1.82, 2.24) is 15.1 Å². The van der Waals surface area contributed by atoms with E-state index >= 15 is 0 Å². The second kappa shape index (κ2) is 9.55. The summed E-state index contributed by atoms with van der Waals surface area (Å²) in [4.78, 5) is 22.5. The minimum Gasteiger partial charge on any atom is -0.339 e. The number of rotatable bonds is 8. The van der Waals surface area contributed by atoms with Gasteiger partial charge in [-0.15, -0.1) is 22.7 Å². The lowest BCUT2D eigenvalue weighted by molar-refractivity contribution is -0.116. The predicted octanol–water partition coefficient (Wildman–Crippen LogP) is 5.74. The van der Waals surface area contributed by atoms with E-state index in [1.54, 1.807) is 34.4 Å². The molecule has 0 bridgehead atoms. The maximum absolute atomic E-state index is 12.3. The van der Waals surface area contributed by atoms with E-state index in [0.29, 0.717) is 30.3 Å². The van der Waals surface area contributed by atoms with Crippen LogP contribution in [0.1, 0.15) is 29.3 Å². The maximum Gasteiger partial charge on any atom is 0.227 e. The summed E-state index contributed by atoms with van der Waals surface area (Å²) in [6.45, 7) is 4.02. The molecule has 0 fully saturated rings. The molecule has 9 heteroatoms. The number of thiophene rings is 1. The molecule has 0 atom stereocenters. The highest BCUT2D eigenvalue weighted by Gasteiger charge is 2.12. The molecular weight excluding hydrogens is 436 g/mol. The van der Waals surface area contributed by atoms with Crippen molar-refractivity contribution >= 4 is 46.0 Å². The molecule has 1 amide bonds. The van der Waals surface area contributed by atoms with E-state index in [1.807, 2.05) is 43.5 Å². The molecule has 0 saturated carbocycles. The molecular formula is C21H20N4O2S3. The van der Waals surface area contributed by atoms with Crippen molar-refractivity contribution in [1.29, 1.82) is 0 Å². The molecule has 0 radical (unpaired) electrons. The lowest BCUT2D eigenvalue weighted by atomic mass is 10.1. The number of thiazole rings is 1. The topological polar surface area (TPSA) is 80.9 Å². The monoisotopic (exact) mass is 456 g/mol. The zero-order valence-electron chi connectivity index (χ0n) is 16.5. The van der Waals surface area contributed by atoms with E-state index in [2.05, 4.69) is 31.9 Å². The van der Waals surface area contributed by atoms with Gasteiger partial charge >= 0.3 is 0 Å². The van der Waals surface area contributed by atoms with Gasteiger partial charge in [-0.05, 0) is 42.5 Å². The number of nitrogens with one attached hydrogen (secondary N) is 1. The Kier molecular flexibility index (Phi) is 6.61. The summed E-state index contributed by atoms with van der Waals surface area (Å²) in [6, 6.07) is 9.96. The Morgan fingerprint density at radius 2 is 2.07 bits per heavy atom. The molecule has 3 heterocycles. The Balaban J connectivity index is 1.26. The van der Waals surface area contributed by atoms with Crippen molar-refractivity contribution in [2.75, 3.05) is 5.32 Å². The van der Waals surface area contributed by atoms with E-state index in [4.69, 9.17) is 4.52 Å². The second-order valence-corrected chi connectivity index (χ2v) is 9.69. The number of thioether (sulfide) groups is 1. The summed E-state index contributed by atoms with van der Waals surface area (Å²) in [5.41, 5.74) is 4.07. The molecule has 0 saturated heterocycles. The van der Waals surface area contributed by atoms with Gasteiger partial charge < -0.3 is 9.84 Å². The van der Waals surface area contributed by atoms with Crippen molar-refractivity contribution in [2.24, 2.45) is 0 Å². The van der Waals surface area contributed by atoms with Gasteiger partial charge in [0.15, 0.2) is 10.2 Å². The van der Waals surface area contributed by atoms with Crippen molar-refractivity contribution in [2.45, 2.75) is 36.8 Å². The Hall–Kier alpha value is -2.49. The van der Waals surface area contributed by atoms with E-state index in [-0.39, 0.29) is 5.91 Å². The zero-order chi connectivity index (χ0) is 20.9. The minimum absolute atomic E-state index is 0.0679. The van der Waals surface area contributed by atoms with E-state index in [1.165, 1.54) is 4.88 Å². The molecule has 3 aromatic heterocycles. The number of benzene rings is 1. The van der Waals surface area contributed by atoms with Crippen LogP contribution in [0.4, 0.5) is 5.69 Å². The van der Waals surface area contributed by atoms with Crippen molar-refractivity contribution in [3.05, 3.63) is 63.9 Å². The maximum atomic E-state index is 12.3. The smallest absolute Gasteiger partial charge is 0.227 e. The summed E-state index contributed by atoms with van der Waals surface area (Å²) in [5, 5.41) is 11.1. The van der Waals surface area contributed by atoms with E-state index in [0.717, 1.165) is 26.8 Å². The van der Waals surface area contributed by atoms with Crippen LogP contribution >= 0.6 is 34.4 Å². The molecule has 30 heavy (non-hydrogen) atoms. The number of amides is 1. The molecule has 0 unspecified atom stereocenters. The number of hydrogen-bond acceptors (Lipinski definition) is 8. The first-order valence-corrected chi connectivity index (χ1v) is 12.1. The Morgan fingerprint density at radius 1 is 1.17 bits per heavy atom. The Labute approximate surface area is 186 Å². The molecule has 1 aromatic carbocycles. The van der Waals surface area contributed by atoms with Gasteiger partial charge in [0.1, 0.15) is 0 Å². The van der Waals surface area contributed by atoms with E-state index in [9.17, 15) is 4.79 Å². The van der Waals surface area contributed by atoms with Crippen LogP contribution < -0.4 is 5.32 Å². The molecule has 0 spiro atoms. The first-order valence-electron chi connectivity index (χ1n) is 9.38. The Bertz CT molecular complexity index is 1140. The quantitative estimate of drug-likeness (QED) is 0.341. The van der Waals surface area contributed by atoms with Crippen molar-refractivity contribution < 1.29 is 9.32 Å². The number of hydrogen-bond donors (Lipinski definition) is 1. The zero-order valence-corrected chi connectivity index (χ0v) is 19.0. The summed E-state index contributed by atoms with van der Waals surface area (Å²) in [7, 11) is 0. The molecule has 4 rings (SSSR count). The third-order valence-corrected chi connectivity index (χ3v) is 7.45. The summed E-state index contributed by atoms with van der Waals surface area (Å²) in [5.74, 6) is 1.59.